The van der Waals surface area contributed by atoms with Gasteiger partial charge in [0.15, 0.2) is 5.96 Å². The molecule has 0 aliphatic carbocycles. The average molecular weight is 316 g/mol. The van der Waals surface area contributed by atoms with Crippen molar-refractivity contribution < 1.29 is 0 Å². The topological polar surface area (TPSA) is 39.7 Å². The second-order valence-electron chi connectivity index (χ2n) is 6.60. The number of hydrogen-bond donors (Lipinski definition) is 2. The van der Waals surface area contributed by atoms with Crippen LogP contribution in [0.1, 0.15) is 44.2 Å². The van der Waals surface area contributed by atoms with E-state index in [1.807, 2.05) is 7.05 Å². The molecule has 128 valence electrons. The van der Waals surface area contributed by atoms with E-state index in [1.165, 1.54) is 37.1 Å². The fourth-order valence-corrected chi connectivity index (χ4v) is 3.20. The molecular weight excluding hydrogens is 284 g/mol. The van der Waals surface area contributed by atoms with Gasteiger partial charge in [-0.2, -0.15) is 0 Å². The van der Waals surface area contributed by atoms with E-state index in [-0.39, 0.29) is 0 Å². The van der Waals surface area contributed by atoms with Crippen LogP contribution in [0, 0.1) is 5.92 Å². The van der Waals surface area contributed by atoms with Gasteiger partial charge in [0.25, 0.3) is 0 Å². The van der Waals surface area contributed by atoms with E-state index in [2.05, 4.69) is 58.6 Å². The first-order chi connectivity index (χ1) is 11.2. The minimum atomic E-state index is 0.822. The zero-order chi connectivity index (χ0) is 16.5. The quantitative estimate of drug-likeness (QED) is 0.626. The summed E-state index contributed by atoms with van der Waals surface area (Å²) in [5.41, 5.74) is 2.80. The zero-order valence-electron chi connectivity index (χ0n) is 14.9. The molecule has 1 aliphatic rings. The summed E-state index contributed by atoms with van der Waals surface area (Å²) in [5.74, 6) is 1.71. The highest BCUT2D eigenvalue weighted by Gasteiger charge is 2.17. The fourth-order valence-electron chi connectivity index (χ4n) is 3.20. The molecule has 1 aliphatic heterocycles. The molecule has 0 bridgehead atoms. The maximum absolute atomic E-state index is 4.28. The SMILES string of the molecule is CCCNC(=NC)NCc1ccccc1CN1CCCC(C)C1. The van der Waals surface area contributed by atoms with E-state index in [0.717, 1.165) is 37.9 Å². The largest absolute Gasteiger partial charge is 0.356 e. The normalized spacial score (nSPS) is 19.6. The molecule has 1 saturated heterocycles. The first-order valence-electron chi connectivity index (χ1n) is 8.96. The lowest BCUT2D eigenvalue weighted by atomic mass is 9.99. The van der Waals surface area contributed by atoms with Gasteiger partial charge in [-0.1, -0.05) is 38.1 Å². The van der Waals surface area contributed by atoms with Gasteiger partial charge in [0.05, 0.1) is 0 Å². The molecule has 4 heteroatoms. The fraction of sp³-hybridized carbons (Fsp3) is 0.632. The number of nitrogens with one attached hydrogen (secondary N) is 2. The molecule has 1 aromatic carbocycles. The Morgan fingerprint density at radius 2 is 2.04 bits per heavy atom. The van der Waals surface area contributed by atoms with Gasteiger partial charge in [-0.25, -0.2) is 0 Å². The minimum Gasteiger partial charge on any atom is -0.356 e. The van der Waals surface area contributed by atoms with E-state index in [4.69, 9.17) is 0 Å². The molecule has 0 radical (unpaired) electrons. The van der Waals surface area contributed by atoms with Crippen molar-refractivity contribution in [1.29, 1.82) is 0 Å². The molecule has 1 heterocycles. The number of benzene rings is 1. The summed E-state index contributed by atoms with van der Waals surface area (Å²) in [4.78, 5) is 6.87. The highest BCUT2D eigenvalue weighted by molar-refractivity contribution is 5.79. The van der Waals surface area contributed by atoms with Gasteiger partial charge in [0, 0.05) is 33.2 Å². The Kier molecular flexibility index (Phi) is 7.40. The summed E-state index contributed by atoms with van der Waals surface area (Å²) in [6.45, 7) is 9.81. The maximum Gasteiger partial charge on any atom is 0.191 e. The van der Waals surface area contributed by atoms with Crippen molar-refractivity contribution in [3.8, 4) is 0 Å². The van der Waals surface area contributed by atoms with Crippen molar-refractivity contribution in [3.63, 3.8) is 0 Å². The van der Waals surface area contributed by atoms with Crippen LogP contribution in [0.2, 0.25) is 0 Å². The van der Waals surface area contributed by atoms with Crippen molar-refractivity contribution in [3.05, 3.63) is 35.4 Å². The molecule has 2 rings (SSSR count). The van der Waals surface area contributed by atoms with Crippen molar-refractivity contribution in [2.75, 3.05) is 26.7 Å². The third-order valence-electron chi connectivity index (χ3n) is 4.47. The third kappa shape index (κ3) is 5.87. The summed E-state index contributed by atoms with van der Waals surface area (Å²) in [5, 5.41) is 6.75. The summed E-state index contributed by atoms with van der Waals surface area (Å²) in [6.07, 6.45) is 3.80. The molecule has 0 spiro atoms. The molecule has 23 heavy (non-hydrogen) atoms. The first-order valence-corrected chi connectivity index (χ1v) is 8.96. The lowest BCUT2D eigenvalue weighted by molar-refractivity contribution is 0.176. The van der Waals surface area contributed by atoms with Gasteiger partial charge in [0.1, 0.15) is 0 Å². The average Bonchev–Trinajstić information content (AvgIpc) is 2.56. The van der Waals surface area contributed by atoms with Crippen molar-refractivity contribution in [2.45, 2.75) is 46.2 Å². The Balaban J connectivity index is 1.94. The van der Waals surface area contributed by atoms with Crippen LogP contribution in [0.5, 0.6) is 0 Å². The van der Waals surface area contributed by atoms with Crippen molar-refractivity contribution >= 4 is 5.96 Å². The van der Waals surface area contributed by atoms with E-state index in [1.54, 1.807) is 0 Å². The van der Waals surface area contributed by atoms with Crippen molar-refractivity contribution in [1.82, 2.24) is 15.5 Å². The number of piperidine rings is 1. The second kappa shape index (κ2) is 9.56. The van der Waals surface area contributed by atoms with Gasteiger partial charge >= 0.3 is 0 Å². The van der Waals surface area contributed by atoms with Crippen LogP contribution in [0.15, 0.2) is 29.3 Å². The molecule has 1 unspecified atom stereocenters. The number of guanidine groups is 1. The van der Waals surface area contributed by atoms with Crippen LogP contribution >= 0.6 is 0 Å². The van der Waals surface area contributed by atoms with Gasteiger partial charge in [-0.3, -0.25) is 9.89 Å². The van der Waals surface area contributed by atoms with E-state index < -0.39 is 0 Å². The van der Waals surface area contributed by atoms with Crippen LogP contribution < -0.4 is 10.6 Å². The predicted octanol–water partition coefficient (Wildman–Crippen LogP) is 2.99. The highest BCUT2D eigenvalue weighted by atomic mass is 15.2. The summed E-state index contributed by atoms with van der Waals surface area (Å²) in [7, 11) is 1.83. The lowest BCUT2D eigenvalue weighted by Gasteiger charge is -2.31. The Morgan fingerprint density at radius 3 is 2.74 bits per heavy atom. The molecule has 0 saturated carbocycles. The smallest absolute Gasteiger partial charge is 0.191 e. The second-order valence-corrected chi connectivity index (χ2v) is 6.60. The van der Waals surface area contributed by atoms with Gasteiger partial charge in [-0.15, -0.1) is 0 Å². The van der Waals surface area contributed by atoms with Crippen LogP contribution in [0.3, 0.4) is 0 Å². The summed E-state index contributed by atoms with van der Waals surface area (Å²) < 4.78 is 0. The zero-order valence-corrected chi connectivity index (χ0v) is 14.9. The van der Waals surface area contributed by atoms with Gasteiger partial charge in [-0.05, 0) is 42.9 Å². The van der Waals surface area contributed by atoms with Crippen LogP contribution in [-0.4, -0.2) is 37.5 Å². The minimum absolute atomic E-state index is 0.822. The first kappa shape index (κ1) is 17.8. The Labute approximate surface area is 141 Å². The molecule has 4 nitrogen and oxygen atoms in total. The molecule has 0 amide bonds. The van der Waals surface area contributed by atoms with Crippen molar-refractivity contribution in [2.24, 2.45) is 10.9 Å². The van der Waals surface area contributed by atoms with E-state index >= 15 is 0 Å². The standard InChI is InChI=1S/C19H32N4/c1-4-11-21-19(20-3)22-13-17-9-5-6-10-18(17)15-23-12-7-8-16(2)14-23/h5-6,9-10,16H,4,7-8,11-15H2,1-3H3,(H2,20,21,22). The number of rotatable bonds is 6. The van der Waals surface area contributed by atoms with Gasteiger partial charge < -0.3 is 10.6 Å². The highest BCUT2D eigenvalue weighted by Crippen LogP contribution is 2.19. The van der Waals surface area contributed by atoms with E-state index in [0.29, 0.717) is 0 Å². The monoisotopic (exact) mass is 316 g/mol. The Hall–Kier alpha value is -1.55. The van der Waals surface area contributed by atoms with Crippen LogP contribution in [0.4, 0.5) is 0 Å². The summed E-state index contributed by atoms with van der Waals surface area (Å²) in [6, 6.07) is 8.76. The van der Waals surface area contributed by atoms with E-state index in [9.17, 15) is 0 Å². The molecule has 1 fully saturated rings. The van der Waals surface area contributed by atoms with Crippen LogP contribution in [0.25, 0.3) is 0 Å². The molecule has 1 aromatic rings. The number of hydrogen-bond acceptors (Lipinski definition) is 2. The number of likely N-dealkylation sites (tertiary alicyclic amines) is 1. The number of aliphatic imine (C=N–C) groups is 1. The predicted molar refractivity (Wildman–Crippen MR) is 98.6 cm³/mol. The third-order valence-corrected chi connectivity index (χ3v) is 4.47. The molecule has 1 atom stereocenters. The lowest BCUT2D eigenvalue weighted by Crippen LogP contribution is -2.37. The molecular formula is C19H32N4. The summed E-state index contributed by atoms with van der Waals surface area (Å²) >= 11 is 0. The van der Waals surface area contributed by atoms with Gasteiger partial charge in [0.2, 0.25) is 0 Å². The maximum atomic E-state index is 4.28. The Bertz CT molecular complexity index is 498. The Morgan fingerprint density at radius 1 is 1.26 bits per heavy atom. The van der Waals surface area contributed by atoms with Crippen LogP contribution in [-0.2, 0) is 13.1 Å². The molecule has 2 N–H and O–H groups in total. The number of nitrogens with zero attached hydrogens (tertiary/aromatic N) is 2. The molecule has 0 aromatic heterocycles.